The molecule has 6 rings (SSSR count). The van der Waals surface area contributed by atoms with Crippen molar-refractivity contribution < 1.29 is 45.4 Å². The quantitative estimate of drug-likeness (QED) is 0.0821. The number of methoxy groups -OCH3 is 1. The molecule has 0 aromatic heterocycles. The number of halogens is 6. The minimum absolute atomic E-state index is 0.0201. The summed E-state index contributed by atoms with van der Waals surface area (Å²) < 4.78 is 91.9. The summed E-state index contributed by atoms with van der Waals surface area (Å²) in [6.07, 6.45) is 4.05. The molecule has 1 saturated heterocycles. The van der Waals surface area contributed by atoms with E-state index >= 15 is 4.39 Å². The van der Waals surface area contributed by atoms with Gasteiger partial charge in [-0.15, -0.1) is 0 Å². The maximum absolute atomic E-state index is 15.3. The van der Waals surface area contributed by atoms with Gasteiger partial charge in [0, 0.05) is 30.3 Å². The molecule has 1 N–H and O–H groups in total. The maximum Gasteiger partial charge on any atom is 0.335 e. The second kappa shape index (κ2) is 15.7. The number of carbonyl (C=O) groups is 2. The molecule has 0 bridgehead atoms. The molecule has 0 atom stereocenters. The molecule has 0 spiro atoms. The lowest BCUT2D eigenvalue weighted by Crippen LogP contribution is -2.43. The van der Waals surface area contributed by atoms with Crippen molar-refractivity contribution >= 4 is 60.8 Å². The Morgan fingerprint density at radius 2 is 1.62 bits per heavy atom. The van der Waals surface area contributed by atoms with E-state index in [1.807, 2.05) is 12.1 Å². The molecule has 4 aromatic carbocycles. The first-order valence-corrected chi connectivity index (χ1v) is 19.2. The van der Waals surface area contributed by atoms with Gasteiger partial charge < -0.3 is 19.6 Å². The van der Waals surface area contributed by atoms with E-state index in [9.17, 15) is 36.3 Å². The van der Waals surface area contributed by atoms with Gasteiger partial charge in [0.15, 0.2) is 23.3 Å². The van der Waals surface area contributed by atoms with E-state index in [0.717, 1.165) is 50.0 Å². The van der Waals surface area contributed by atoms with Crippen LogP contribution in [-0.4, -0.2) is 56.5 Å². The standard InChI is InChI=1S/C37H33BrClF4N3O6S/c1-52-29-17-23(37(48)49)10-11-28(29)46(18-21-14-25(22-8-9-22)16-26(15-21)44-12-4-5-13-44)30(47)20-45(19-24-6-2-3-7-27(24)39)53(50,51)36-31(38)32(40)33(41)34(42)35(36)43/h2-3,6-7,10-11,14-17,22H,4-5,8-9,12-13,18-20H2,1H3,(H,48,49). The highest BCUT2D eigenvalue weighted by atomic mass is 79.9. The number of rotatable bonds is 13. The second-order valence-electron chi connectivity index (χ2n) is 12.8. The number of anilines is 2. The fourth-order valence-electron chi connectivity index (χ4n) is 6.34. The third kappa shape index (κ3) is 8.03. The van der Waals surface area contributed by atoms with Crippen LogP contribution in [0, 0.1) is 23.3 Å². The van der Waals surface area contributed by atoms with Crippen molar-refractivity contribution in [2.45, 2.75) is 49.6 Å². The van der Waals surface area contributed by atoms with Crippen LogP contribution in [0.1, 0.15) is 58.6 Å². The highest BCUT2D eigenvalue weighted by Gasteiger charge is 2.38. The Bertz CT molecular complexity index is 2170. The van der Waals surface area contributed by atoms with Gasteiger partial charge in [-0.25, -0.2) is 30.8 Å². The summed E-state index contributed by atoms with van der Waals surface area (Å²) in [7, 11) is -4.06. The maximum atomic E-state index is 15.3. The molecule has 2 aliphatic rings. The van der Waals surface area contributed by atoms with Crippen LogP contribution in [-0.2, 0) is 27.9 Å². The number of hydrogen-bond acceptors (Lipinski definition) is 6. The third-order valence-electron chi connectivity index (χ3n) is 9.26. The summed E-state index contributed by atoms with van der Waals surface area (Å²) >= 11 is 8.93. The average molecular weight is 839 g/mol. The van der Waals surface area contributed by atoms with E-state index in [1.165, 1.54) is 48.4 Å². The summed E-state index contributed by atoms with van der Waals surface area (Å²) in [6.45, 7) is -0.135. The number of nitrogens with zero attached hydrogens (tertiary/aromatic N) is 3. The van der Waals surface area contributed by atoms with Gasteiger partial charge >= 0.3 is 5.97 Å². The second-order valence-corrected chi connectivity index (χ2v) is 15.9. The lowest BCUT2D eigenvalue weighted by molar-refractivity contribution is -0.119. The summed E-state index contributed by atoms with van der Waals surface area (Å²) in [5.41, 5.74) is 2.83. The molecule has 1 heterocycles. The Morgan fingerprint density at radius 3 is 2.26 bits per heavy atom. The van der Waals surface area contributed by atoms with Gasteiger partial charge in [0.2, 0.25) is 15.9 Å². The van der Waals surface area contributed by atoms with E-state index < -0.39 is 67.6 Å². The van der Waals surface area contributed by atoms with Gasteiger partial charge in [-0.1, -0.05) is 35.9 Å². The first kappa shape index (κ1) is 38.5. The molecule has 16 heteroatoms. The summed E-state index contributed by atoms with van der Waals surface area (Å²) in [5.74, 6) is -10.6. The van der Waals surface area contributed by atoms with Crippen molar-refractivity contribution in [2.24, 2.45) is 0 Å². The van der Waals surface area contributed by atoms with Crippen molar-refractivity contribution in [3.8, 4) is 5.75 Å². The minimum Gasteiger partial charge on any atom is -0.495 e. The number of sulfonamides is 1. The lowest BCUT2D eigenvalue weighted by atomic mass is 10.0. The molecular formula is C37H33BrClF4N3O6S. The Balaban J connectivity index is 1.47. The van der Waals surface area contributed by atoms with Crippen molar-refractivity contribution in [3.63, 3.8) is 0 Å². The van der Waals surface area contributed by atoms with E-state index in [1.54, 1.807) is 6.07 Å². The van der Waals surface area contributed by atoms with Crippen LogP contribution < -0.4 is 14.5 Å². The zero-order chi connectivity index (χ0) is 38.2. The molecule has 2 fully saturated rings. The normalized spacial score (nSPS) is 14.5. The topological polar surface area (TPSA) is 107 Å². The molecule has 4 aromatic rings. The monoisotopic (exact) mass is 837 g/mol. The summed E-state index contributed by atoms with van der Waals surface area (Å²) in [6, 6.07) is 15.8. The van der Waals surface area contributed by atoms with Gasteiger partial charge in [0.05, 0.1) is 35.9 Å². The molecule has 1 aliphatic carbocycles. The van der Waals surface area contributed by atoms with Crippen molar-refractivity contribution in [1.29, 1.82) is 0 Å². The molecule has 1 amide bonds. The predicted octanol–water partition coefficient (Wildman–Crippen LogP) is 8.27. The Hall–Kier alpha value is -4.18. The van der Waals surface area contributed by atoms with Crippen molar-refractivity contribution in [3.05, 3.63) is 116 Å². The molecule has 280 valence electrons. The zero-order valence-corrected chi connectivity index (χ0v) is 31.4. The number of hydrogen-bond donors (Lipinski definition) is 1. The summed E-state index contributed by atoms with van der Waals surface area (Å²) in [5, 5.41) is 9.72. The molecule has 53 heavy (non-hydrogen) atoms. The molecule has 0 unspecified atom stereocenters. The SMILES string of the molecule is COc1cc(C(=O)O)ccc1N(Cc1cc(C2CC2)cc(N2CCCC2)c1)C(=O)CN(Cc1ccccc1Cl)S(=O)(=O)c1c(F)c(F)c(F)c(F)c1Br. The van der Waals surface area contributed by atoms with E-state index in [2.05, 4.69) is 26.9 Å². The lowest BCUT2D eigenvalue weighted by Gasteiger charge is -2.30. The van der Waals surface area contributed by atoms with Gasteiger partial charge in [0.1, 0.15) is 10.6 Å². The fraction of sp³-hybridized carbons (Fsp3) is 0.297. The predicted molar refractivity (Wildman–Crippen MR) is 194 cm³/mol. The third-order valence-corrected chi connectivity index (χ3v) is 12.5. The Morgan fingerprint density at radius 1 is 0.943 bits per heavy atom. The number of carboxylic acids is 1. The average Bonchev–Trinajstić information content (AvgIpc) is 3.85. The fourth-order valence-corrected chi connectivity index (χ4v) is 8.98. The van der Waals surface area contributed by atoms with Crippen LogP contribution in [0.15, 0.2) is 70.0 Å². The highest BCUT2D eigenvalue weighted by Crippen LogP contribution is 2.43. The molecule has 9 nitrogen and oxygen atoms in total. The first-order valence-electron chi connectivity index (χ1n) is 16.6. The molecule has 1 saturated carbocycles. The molecule has 0 radical (unpaired) electrons. The number of carbonyl (C=O) groups excluding carboxylic acids is 1. The highest BCUT2D eigenvalue weighted by molar-refractivity contribution is 9.10. The number of amides is 1. The van der Waals surface area contributed by atoms with Crippen molar-refractivity contribution in [2.75, 3.05) is 36.5 Å². The van der Waals surface area contributed by atoms with Crippen LogP contribution in [0.25, 0.3) is 0 Å². The number of carboxylic acid groups (broad SMARTS) is 1. The van der Waals surface area contributed by atoms with Crippen LogP contribution in [0.2, 0.25) is 5.02 Å². The zero-order valence-electron chi connectivity index (χ0n) is 28.2. The van der Waals surface area contributed by atoms with Crippen LogP contribution in [0.5, 0.6) is 5.75 Å². The first-order chi connectivity index (χ1) is 25.2. The van der Waals surface area contributed by atoms with E-state index in [-0.39, 0.29) is 34.1 Å². The molecular weight excluding hydrogens is 806 g/mol. The minimum atomic E-state index is -5.34. The number of ether oxygens (including phenoxy) is 1. The van der Waals surface area contributed by atoms with Crippen LogP contribution in [0.3, 0.4) is 0 Å². The number of aromatic carboxylic acids is 1. The van der Waals surface area contributed by atoms with E-state index in [4.69, 9.17) is 16.3 Å². The Labute approximate surface area is 316 Å². The van der Waals surface area contributed by atoms with Gasteiger partial charge in [-0.3, -0.25) is 4.79 Å². The van der Waals surface area contributed by atoms with Crippen molar-refractivity contribution in [1.82, 2.24) is 4.31 Å². The van der Waals surface area contributed by atoms with Crippen LogP contribution >= 0.6 is 27.5 Å². The Kier molecular flexibility index (Phi) is 11.4. The van der Waals surface area contributed by atoms with Crippen LogP contribution in [0.4, 0.5) is 28.9 Å². The molecule has 1 aliphatic heterocycles. The largest absolute Gasteiger partial charge is 0.495 e. The van der Waals surface area contributed by atoms with Gasteiger partial charge in [0.25, 0.3) is 0 Å². The van der Waals surface area contributed by atoms with Gasteiger partial charge in [-0.2, -0.15) is 4.31 Å². The smallest absolute Gasteiger partial charge is 0.335 e. The van der Waals surface area contributed by atoms with E-state index in [0.29, 0.717) is 15.8 Å². The summed E-state index contributed by atoms with van der Waals surface area (Å²) in [4.78, 5) is 28.3. The number of benzene rings is 4. The van der Waals surface area contributed by atoms with Gasteiger partial charge in [-0.05, 0) is 101 Å².